The fourth-order valence-corrected chi connectivity index (χ4v) is 1.55. The highest BCUT2D eigenvalue weighted by molar-refractivity contribution is 5.87. The van der Waals surface area contributed by atoms with Crippen LogP contribution in [0.2, 0.25) is 0 Å². The average Bonchev–Trinajstić information content (AvgIpc) is 2.36. The number of phenolic OH excluding ortho intramolecular Hbond substituents is 1. The van der Waals surface area contributed by atoms with Crippen LogP contribution in [-0.4, -0.2) is 28.5 Å². The largest absolute Gasteiger partial charge is 0.506 e. The van der Waals surface area contributed by atoms with Crippen molar-refractivity contribution in [2.45, 2.75) is 32.4 Å². The van der Waals surface area contributed by atoms with Gasteiger partial charge >= 0.3 is 6.09 Å². The Morgan fingerprint density at radius 3 is 2.71 bits per heavy atom. The number of phenols is 1. The molecule has 1 unspecified atom stereocenters. The van der Waals surface area contributed by atoms with Gasteiger partial charge in [-0.25, -0.2) is 4.79 Å². The summed E-state index contributed by atoms with van der Waals surface area (Å²) >= 11 is 0. The van der Waals surface area contributed by atoms with Gasteiger partial charge in [0.05, 0.1) is 18.3 Å². The van der Waals surface area contributed by atoms with Gasteiger partial charge in [-0.15, -0.1) is 0 Å². The quantitative estimate of drug-likeness (QED) is 0.341. The van der Waals surface area contributed by atoms with E-state index in [0.29, 0.717) is 5.56 Å². The first-order valence-corrected chi connectivity index (χ1v) is 6.25. The van der Waals surface area contributed by atoms with Gasteiger partial charge in [0.1, 0.15) is 11.4 Å². The Morgan fingerprint density at radius 2 is 2.19 bits per heavy atom. The molecule has 0 aromatic heterocycles. The molecule has 114 valence electrons. The number of carbonyl (C=O) groups is 1. The van der Waals surface area contributed by atoms with Crippen LogP contribution in [-0.2, 0) is 4.74 Å². The SMILES string of the molecule is CC(C)(C)OC(=O)Nc1cc(C(CO)N=[N+]=[N-])ccc1O. The summed E-state index contributed by atoms with van der Waals surface area (Å²) in [5, 5.41) is 24.7. The monoisotopic (exact) mass is 294 g/mol. The van der Waals surface area contributed by atoms with Crippen molar-refractivity contribution in [2.24, 2.45) is 5.11 Å². The minimum atomic E-state index is -0.796. The van der Waals surface area contributed by atoms with E-state index in [1.54, 1.807) is 20.8 Å². The van der Waals surface area contributed by atoms with Gasteiger partial charge in [-0.3, -0.25) is 5.32 Å². The third-order valence-corrected chi connectivity index (χ3v) is 2.40. The molecule has 0 aliphatic heterocycles. The second-order valence-electron chi connectivity index (χ2n) is 5.31. The van der Waals surface area contributed by atoms with Crippen LogP contribution in [0.15, 0.2) is 23.3 Å². The second kappa shape index (κ2) is 6.83. The number of nitrogens with one attached hydrogen (secondary N) is 1. The predicted molar refractivity (Wildman–Crippen MR) is 76.9 cm³/mol. The number of anilines is 1. The van der Waals surface area contributed by atoms with Gasteiger partial charge in [-0.05, 0) is 44.0 Å². The number of hydrogen-bond acceptors (Lipinski definition) is 5. The molecule has 1 amide bonds. The Labute approximate surface area is 122 Å². The third-order valence-electron chi connectivity index (χ3n) is 2.40. The molecule has 0 heterocycles. The van der Waals surface area contributed by atoms with Crippen LogP contribution >= 0.6 is 0 Å². The molecular weight excluding hydrogens is 276 g/mol. The molecule has 0 aliphatic rings. The van der Waals surface area contributed by atoms with Crippen LogP contribution in [0.1, 0.15) is 32.4 Å². The summed E-state index contributed by atoms with van der Waals surface area (Å²) in [7, 11) is 0. The minimum Gasteiger partial charge on any atom is -0.506 e. The highest BCUT2D eigenvalue weighted by Gasteiger charge is 2.18. The molecule has 0 saturated carbocycles. The van der Waals surface area contributed by atoms with Crippen molar-refractivity contribution in [1.82, 2.24) is 0 Å². The first-order valence-electron chi connectivity index (χ1n) is 6.25. The summed E-state index contributed by atoms with van der Waals surface area (Å²) in [5.74, 6) is -0.165. The lowest BCUT2D eigenvalue weighted by Crippen LogP contribution is -2.27. The highest BCUT2D eigenvalue weighted by atomic mass is 16.6. The van der Waals surface area contributed by atoms with E-state index in [1.807, 2.05) is 0 Å². The Kier molecular flexibility index (Phi) is 5.40. The number of ether oxygens (including phenoxy) is 1. The van der Waals surface area contributed by atoms with E-state index in [1.165, 1.54) is 18.2 Å². The molecule has 1 rings (SSSR count). The number of aliphatic hydroxyl groups is 1. The molecular formula is C13H18N4O4. The maximum Gasteiger partial charge on any atom is 0.412 e. The van der Waals surface area contributed by atoms with Crippen molar-refractivity contribution in [3.05, 3.63) is 34.2 Å². The molecule has 1 aromatic rings. The molecule has 3 N–H and O–H groups in total. The number of benzene rings is 1. The van der Waals surface area contributed by atoms with Crippen molar-refractivity contribution >= 4 is 11.8 Å². The number of azide groups is 1. The minimum absolute atomic E-state index is 0.105. The van der Waals surface area contributed by atoms with Crippen LogP contribution in [0.25, 0.3) is 10.4 Å². The predicted octanol–water partition coefficient (Wildman–Crippen LogP) is 3.08. The van der Waals surface area contributed by atoms with Crippen LogP contribution in [0, 0.1) is 0 Å². The van der Waals surface area contributed by atoms with Gasteiger partial charge in [0.2, 0.25) is 0 Å². The number of hydrogen-bond donors (Lipinski definition) is 3. The molecule has 0 bridgehead atoms. The fourth-order valence-electron chi connectivity index (χ4n) is 1.55. The van der Waals surface area contributed by atoms with Crippen molar-refractivity contribution in [2.75, 3.05) is 11.9 Å². The first-order chi connectivity index (χ1) is 9.76. The topological polar surface area (TPSA) is 128 Å². The molecule has 0 saturated heterocycles. The molecule has 8 nitrogen and oxygen atoms in total. The molecule has 1 atom stereocenters. The highest BCUT2D eigenvalue weighted by Crippen LogP contribution is 2.29. The van der Waals surface area contributed by atoms with Gasteiger partial charge in [0, 0.05) is 4.91 Å². The number of amides is 1. The lowest BCUT2D eigenvalue weighted by atomic mass is 10.1. The summed E-state index contributed by atoms with van der Waals surface area (Å²) < 4.78 is 5.08. The number of carbonyl (C=O) groups excluding carboxylic acids is 1. The first kappa shape index (κ1) is 16.6. The lowest BCUT2D eigenvalue weighted by Gasteiger charge is -2.20. The summed E-state index contributed by atoms with van der Waals surface area (Å²) in [4.78, 5) is 14.3. The van der Waals surface area contributed by atoms with Crippen molar-refractivity contribution in [3.8, 4) is 5.75 Å². The fraction of sp³-hybridized carbons (Fsp3) is 0.462. The molecule has 21 heavy (non-hydrogen) atoms. The van der Waals surface area contributed by atoms with Crippen molar-refractivity contribution in [3.63, 3.8) is 0 Å². The van der Waals surface area contributed by atoms with Crippen molar-refractivity contribution < 1.29 is 19.7 Å². The zero-order valence-corrected chi connectivity index (χ0v) is 12.1. The van der Waals surface area contributed by atoms with E-state index in [-0.39, 0.29) is 18.0 Å². The number of rotatable bonds is 4. The van der Waals surface area contributed by atoms with Gasteiger partial charge in [0.25, 0.3) is 0 Å². The van der Waals surface area contributed by atoms with Crippen LogP contribution in [0.5, 0.6) is 5.75 Å². The smallest absolute Gasteiger partial charge is 0.412 e. The zero-order valence-electron chi connectivity index (χ0n) is 12.1. The number of aromatic hydroxyl groups is 1. The Hall–Kier alpha value is -2.44. The summed E-state index contributed by atoms with van der Waals surface area (Å²) in [5.41, 5.74) is 8.33. The maximum absolute atomic E-state index is 11.7. The van der Waals surface area contributed by atoms with Crippen LogP contribution < -0.4 is 5.32 Å². The van der Waals surface area contributed by atoms with Crippen LogP contribution in [0.3, 0.4) is 0 Å². The summed E-state index contributed by atoms with van der Waals surface area (Å²) in [6.45, 7) is 4.76. The van der Waals surface area contributed by atoms with Crippen molar-refractivity contribution in [1.29, 1.82) is 0 Å². The third kappa shape index (κ3) is 5.21. The van der Waals surface area contributed by atoms with Gasteiger partial charge in [-0.2, -0.15) is 0 Å². The Balaban J connectivity index is 2.97. The van der Waals surface area contributed by atoms with Crippen LogP contribution in [0.4, 0.5) is 10.5 Å². The van der Waals surface area contributed by atoms with E-state index in [2.05, 4.69) is 15.3 Å². The standard InChI is InChI=1S/C13H18N4O4/c1-13(2,3)21-12(20)15-9-6-8(4-5-11(9)19)10(7-18)16-17-14/h4-6,10,18-19H,7H2,1-3H3,(H,15,20). The van der Waals surface area contributed by atoms with E-state index in [9.17, 15) is 9.90 Å². The Bertz CT molecular complexity index is 562. The number of nitrogens with zero attached hydrogens (tertiary/aromatic N) is 3. The normalized spacial score (nSPS) is 12.2. The van der Waals surface area contributed by atoms with Gasteiger partial charge in [-0.1, -0.05) is 11.2 Å². The molecule has 0 radical (unpaired) electrons. The molecule has 8 heteroatoms. The molecule has 0 fully saturated rings. The van der Waals surface area contributed by atoms with E-state index in [0.717, 1.165) is 0 Å². The summed E-state index contributed by atoms with van der Waals surface area (Å²) in [6.07, 6.45) is -0.723. The Morgan fingerprint density at radius 1 is 1.52 bits per heavy atom. The van der Waals surface area contributed by atoms with E-state index < -0.39 is 17.7 Å². The molecule has 1 aromatic carbocycles. The molecule has 0 spiro atoms. The van der Waals surface area contributed by atoms with Gasteiger partial charge in [0.15, 0.2) is 0 Å². The second-order valence-corrected chi connectivity index (χ2v) is 5.31. The molecule has 0 aliphatic carbocycles. The average molecular weight is 294 g/mol. The maximum atomic E-state index is 11.7. The van der Waals surface area contributed by atoms with Gasteiger partial charge < -0.3 is 14.9 Å². The zero-order chi connectivity index (χ0) is 16.0. The summed E-state index contributed by atoms with van der Waals surface area (Å²) in [6, 6.07) is 3.44. The van der Waals surface area contributed by atoms with E-state index in [4.69, 9.17) is 15.4 Å². The lowest BCUT2D eigenvalue weighted by molar-refractivity contribution is 0.0635. The number of aliphatic hydroxyl groups excluding tert-OH is 1. The van der Waals surface area contributed by atoms with E-state index >= 15 is 0 Å².